The summed E-state index contributed by atoms with van der Waals surface area (Å²) in [5.41, 5.74) is 0.863. The van der Waals surface area contributed by atoms with Gasteiger partial charge in [-0.05, 0) is 42.8 Å². The van der Waals surface area contributed by atoms with Gasteiger partial charge in [-0.3, -0.25) is 0 Å². The minimum Gasteiger partial charge on any atom is -0.489 e. The predicted molar refractivity (Wildman–Crippen MR) is 86.9 cm³/mol. The van der Waals surface area contributed by atoms with Crippen molar-refractivity contribution < 1.29 is 9.13 Å². The topological polar surface area (TPSA) is 15.7 Å². The summed E-state index contributed by atoms with van der Waals surface area (Å²) in [5.74, 6) is 0.0275. The first-order valence-corrected chi connectivity index (χ1v) is 7.96. The second-order valence-corrected chi connectivity index (χ2v) is 6.66. The summed E-state index contributed by atoms with van der Waals surface area (Å²) in [6.07, 6.45) is 3.96. The van der Waals surface area contributed by atoms with Crippen LogP contribution in [-0.2, 0) is 0 Å². The molecule has 1 unspecified atom stereocenters. The van der Waals surface area contributed by atoms with Crippen LogP contribution in [0.3, 0.4) is 0 Å². The number of benzene rings is 1. The van der Waals surface area contributed by atoms with E-state index in [-0.39, 0.29) is 21.6 Å². The Labute approximate surface area is 138 Å². The van der Waals surface area contributed by atoms with Gasteiger partial charge in [-0.1, -0.05) is 11.6 Å². The van der Waals surface area contributed by atoms with Gasteiger partial charge in [0, 0.05) is 25.0 Å². The van der Waals surface area contributed by atoms with Crippen molar-refractivity contribution in [1.82, 2.24) is 9.80 Å². The SMILES string of the molecule is CC(C)Oc1c(C(C)N2C=CN(C)C2)cc(Cl)c(F)c1Br. The van der Waals surface area contributed by atoms with Gasteiger partial charge >= 0.3 is 0 Å². The van der Waals surface area contributed by atoms with Crippen LogP contribution in [0, 0.1) is 5.82 Å². The first-order valence-electron chi connectivity index (χ1n) is 6.79. The minimum absolute atomic E-state index is 0.0225. The number of hydrogen-bond acceptors (Lipinski definition) is 3. The van der Waals surface area contributed by atoms with Crippen LogP contribution in [0.4, 0.5) is 4.39 Å². The molecule has 0 bridgehead atoms. The van der Waals surface area contributed by atoms with Crippen LogP contribution < -0.4 is 4.74 Å². The van der Waals surface area contributed by atoms with Gasteiger partial charge in [-0.2, -0.15) is 0 Å². The Morgan fingerprint density at radius 2 is 2.00 bits per heavy atom. The molecule has 1 aromatic carbocycles. The molecular weight excluding hydrogens is 359 g/mol. The van der Waals surface area contributed by atoms with Gasteiger partial charge in [0.1, 0.15) is 5.75 Å². The molecule has 0 saturated carbocycles. The van der Waals surface area contributed by atoms with Crippen LogP contribution in [-0.4, -0.2) is 29.6 Å². The van der Waals surface area contributed by atoms with Gasteiger partial charge < -0.3 is 14.5 Å². The quantitative estimate of drug-likeness (QED) is 0.703. The van der Waals surface area contributed by atoms with E-state index in [1.807, 2.05) is 40.2 Å². The van der Waals surface area contributed by atoms with E-state index in [0.717, 1.165) is 12.2 Å². The monoisotopic (exact) mass is 376 g/mol. The molecule has 0 aliphatic carbocycles. The highest BCUT2D eigenvalue weighted by molar-refractivity contribution is 9.10. The Balaban J connectivity index is 2.43. The van der Waals surface area contributed by atoms with Crippen molar-refractivity contribution in [2.75, 3.05) is 13.7 Å². The van der Waals surface area contributed by atoms with Crippen LogP contribution >= 0.6 is 27.5 Å². The van der Waals surface area contributed by atoms with Crippen molar-refractivity contribution in [2.45, 2.75) is 32.9 Å². The fraction of sp³-hybridized carbons (Fsp3) is 0.467. The zero-order valence-corrected chi connectivity index (χ0v) is 14.9. The first-order chi connectivity index (χ1) is 9.81. The summed E-state index contributed by atoms with van der Waals surface area (Å²) in [6, 6.07) is 1.67. The molecule has 0 spiro atoms. The average Bonchev–Trinajstić information content (AvgIpc) is 2.84. The average molecular weight is 378 g/mol. The fourth-order valence-corrected chi connectivity index (χ4v) is 3.11. The number of rotatable bonds is 4. The molecule has 0 fully saturated rings. The Hall–Kier alpha value is -0.940. The van der Waals surface area contributed by atoms with Gasteiger partial charge in [0.15, 0.2) is 5.82 Å². The molecule has 2 rings (SSSR count). The number of nitrogens with zero attached hydrogens (tertiary/aromatic N) is 2. The van der Waals surface area contributed by atoms with E-state index in [4.69, 9.17) is 16.3 Å². The fourth-order valence-electron chi connectivity index (χ4n) is 2.24. The summed E-state index contributed by atoms with van der Waals surface area (Å²) in [4.78, 5) is 4.21. The van der Waals surface area contributed by atoms with Crippen molar-refractivity contribution in [1.29, 1.82) is 0 Å². The highest BCUT2D eigenvalue weighted by Gasteiger charge is 2.25. The number of halogens is 3. The summed E-state index contributed by atoms with van der Waals surface area (Å²) >= 11 is 9.27. The largest absolute Gasteiger partial charge is 0.489 e. The molecule has 116 valence electrons. The van der Waals surface area contributed by atoms with Crippen molar-refractivity contribution in [3.8, 4) is 5.75 Å². The Morgan fingerprint density at radius 3 is 2.52 bits per heavy atom. The molecular formula is C15H19BrClFN2O. The molecule has 0 radical (unpaired) electrons. The third-order valence-electron chi connectivity index (χ3n) is 3.35. The zero-order chi connectivity index (χ0) is 15.7. The summed E-state index contributed by atoms with van der Waals surface area (Å²) < 4.78 is 20.1. The minimum atomic E-state index is -0.489. The molecule has 1 aromatic rings. The van der Waals surface area contributed by atoms with Crippen LogP contribution in [0.25, 0.3) is 0 Å². The summed E-state index contributed by atoms with van der Waals surface area (Å²) in [6.45, 7) is 6.65. The molecule has 1 aliphatic rings. The van der Waals surface area contributed by atoms with E-state index in [9.17, 15) is 4.39 Å². The molecule has 21 heavy (non-hydrogen) atoms. The van der Waals surface area contributed by atoms with Crippen LogP contribution in [0.2, 0.25) is 5.02 Å². The second-order valence-electron chi connectivity index (χ2n) is 5.46. The van der Waals surface area contributed by atoms with E-state index in [1.54, 1.807) is 6.07 Å². The molecule has 0 N–H and O–H groups in total. The second kappa shape index (κ2) is 6.44. The first kappa shape index (κ1) is 16.4. The molecule has 0 saturated heterocycles. The van der Waals surface area contributed by atoms with Crippen molar-refractivity contribution in [2.24, 2.45) is 0 Å². The predicted octanol–water partition coefficient (Wildman–Crippen LogP) is 4.77. The molecule has 1 aliphatic heterocycles. The summed E-state index contributed by atoms with van der Waals surface area (Å²) in [7, 11) is 2.00. The van der Waals surface area contributed by atoms with Crippen molar-refractivity contribution >= 4 is 27.5 Å². The van der Waals surface area contributed by atoms with Gasteiger partial charge in [0.2, 0.25) is 0 Å². The molecule has 6 heteroatoms. The van der Waals surface area contributed by atoms with Gasteiger partial charge in [0.25, 0.3) is 0 Å². The Morgan fingerprint density at radius 1 is 1.33 bits per heavy atom. The van der Waals surface area contributed by atoms with Crippen LogP contribution in [0.1, 0.15) is 32.4 Å². The normalized spacial score (nSPS) is 16.0. The van der Waals surface area contributed by atoms with Crippen molar-refractivity contribution in [3.05, 3.63) is 39.3 Å². The lowest BCUT2D eigenvalue weighted by atomic mass is 10.1. The lowest BCUT2D eigenvalue weighted by Crippen LogP contribution is -2.26. The lowest BCUT2D eigenvalue weighted by molar-refractivity contribution is 0.215. The van der Waals surface area contributed by atoms with Crippen LogP contribution in [0.15, 0.2) is 22.9 Å². The maximum absolute atomic E-state index is 14.0. The lowest BCUT2D eigenvalue weighted by Gasteiger charge is -2.28. The summed E-state index contributed by atoms with van der Waals surface area (Å²) in [5, 5.41) is 0.0939. The van der Waals surface area contributed by atoms with Gasteiger partial charge in [0.05, 0.1) is 28.3 Å². The Bertz CT molecular complexity index is 565. The maximum Gasteiger partial charge on any atom is 0.159 e. The third-order valence-corrected chi connectivity index (χ3v) is 4.33. The van der Waals surface area contributed by atoms with Crippen LogP contribution in [0.5, 0.6) is 5.75 Å². The van der Waals surface area contributed by atoms with E-state index < -0.39 is 5.82 Å². The van der Waals surface area contributed by atoms with E-state index >= 15 is 0 Å². The molecule has 0 aromatic heterocycles. The maximum atomic E-state index is 14.0. The highest BCUT2D eigenvalue weighted by Crippen LogP contribution is 2.41. The third kappa shape index (κ3) is 3.46. The van der Waals surface area contributed by atoms with E-state index in [2.05, 4.69) is 25.7 Å². The van der Waals surface area contributed by atoms with Gasteiger partial charge in [-0.15, -0.1) is 0 Å². The van der Waals surface area contributed by atoms with Crippen molar-refractivity contribution in [3.63, 3.8) is 0 Å². The molecule has 1 atom stereocenters. The molecule has 1 heterocycles. The van der Waals surface area contributed by atoms with E-state index in [1.165, 1.54) is 0 Å². The van der Waals surface area contributed by atoms with Gasteiger partial charge in [-0.25, -0.2) is 4.39 Å². The Kier molecular flexibility index (Phi) is 5.04. The number of ether oxygens (including phenoxy) is 1. The smallest absolute Gasteiger partial charge is 0.159 e. The van der Waals surface area contributed by atoms with E-state index in [0.29, 0.717) is 5.75 Å². The molecule has 3 nitrogen and oxygen atoms in total. The number of hydrogen-bond donors (Lipinski definition) is 0. The molecule has 0 amide bonds. The standard InChI is InChI=1S/C15H19BrClFN2O/c1-9(2)21-15-11(7-12(17)14(18)13(15)16)10(3)20-6-5-19(4)8-20/h5-7,9-10H,8H2,1-4H3. The zero-order valence-electron chi connectivity index (χ0n) is 12.5. The highest BCUT2D eigenvalue weighted by atomic mass is 79.9.